The van der Waals surface area contributed by atoms with Crippen LogP contribution in [0.4, 0.5) is 0 Å². The molecule has 0 nitrogen and oxygen atoms in total. The fourth-order valence-corrected chi connectivity index (χ4v) is 2.81. The van der Waals surface area contributed by atoms with Gasteiger partial charge in [0.2, 0.25) is 0 Å². The van der Waals surface area contributed by atoms with Gasteiger partial charge in [0.1, 0.15) is 0 Å². The highest BCUT2D eigenvalue weighted by molar-refractivity contribution is 9.10. The van der Waals surface area contributed by atoms with Gasteiger partial charge in [0.05, 0.1) is 0 Å². The molecule has 1 aliphatic rings. The molecule has 0 spiro atoms. The molecule has 1 fully saturated rings. The van der Waals surface area contributed by atoms with Crippen molar-refractivity contribution in [1.82, 2.24) is 0 Å². The largest absolute Gasteiger partial charge is 0.0890 e. The van der Waals surface area contributed by atoms with Crippen LogP contribution in [0.3, 0.4) is 0 Å². The molecular weight excluding hydrogens is 220 g/mol. The normalized spacial score (nSPS) is 42.0. The van der Waals surface area contributed by atoms with Crippen molar-refractivity contribution in [2.45, 2.75) is 28.9 Å². The van der Waals surface area contributed by atoms with Gasteiger partial charge in [-0.05, 0) is 19.3 Å². The van der Waals surface area contributed by atoms with E-state index in [0.717, 1.165) is 9.65 Å². The minimum Gasteiger partial charge on any atom is -0.0890 e. The lowest BCUT2D eigenvalue weighted by Crippen LogP contribution is -1.89. The van der Waals surface area contributed by atoms with Crippen LogP contribution in [0.5, 0.6) is 0 Å². The van der Waals surface area contributed by atoms with Gasteiger partial charge < -0.3 is 0 Å². The minimum atomic E-state index is 0.789. The first-order chi connectivity index (χ1) is 3.29. The molecule has 0 bridgehead atoms. The number of halogens is 2. The Morgan fingerprint density at radius 2 is 1.43 bits per heavy atom. The van der Waals surface area contributed by atoms with Crippen LogP contribution in [0, 0.1) is 0 Å². The second-order valence-corrected chi connectivity index (χ2v) is 4.60. The molecule has 1 rings (SSSR count). The van der Waals surface area contributed by atoms with Gasteiger partial charge in [-0.25, -0.2) is 0 Å². The van der Waals surface area contributed by atoms with Gasteiger partial charge >= 0.3 is 0 Å². The highest BCUT2D eigenvalue weighted by Gasteiger charge is 2.18. The highest BCUT2D eigenvalue weighted by atomic mass is 79.9. The molecule has 7 heavy (non-hydrogen) atoms. The van der Waals surface area contributed by atoms with Crippen molar-refractivity contribution in [2.24, 2.45) is 0 Å². The molecule has 2 atom stereocenters. The van der Waals surface area contributed by atoms with E-state index in [1.54, 1.807) is 0 Å². The fourth-order valence-electron chi connectivity index (χ4n) is 0.875. The topological polar surface area (TPSA) is 0 Å². The third-order valence-electron chi connectivity index (χ3n) is 1.30. The van der Waals surface area contributed by atoms with Crippen molar-refractivity contribution >= 4 is 31.9 Å². The molecule has 0 aromatic rings. The third kappa shape index (κ3) is 1.73. The first-order valence-electron chi connectivity index (χ1n) is 2.57. The van der Waals surface area contributed by atoms with E-state index in [0.29, 0.717) is 0 Å². The Balaban J connectivity index is 2.26. The van der Waals surface area contributed by atoms with Crippen LogP contribution < -0.4 is 0 Å². The Morgan fingerprint density at radius 3 is 1.57 bits per heavy atom. The molecule has 0 aliphatic heterocycles. The maximum absolute atomic E-state index is 3.55. The summed E-state index contributed by atoms with van der Waals surface area (Å²) in [5.74, 6) is 0. The van der Waals surface area contributed by atoms with Crippen molar-refractivity contribution in [3.05, 3.63) is 0 Å². The lowest BCUT2D eigenvalue weighted by Gasteiger charge is -1.93. The zero-order valence-corrected chi connectivity index (χ0v) is 7.20. The predicted molar refractivity (Wildman–Crippen MR) is 39.3 cm³/mol. The van der Waals surface area contributed by atoms with Crippen LogP contribution >= 0.6 is 31.9 Å². The zero-order chi connectivity index (χ0) is 5.28. The highest BCUT2D eigenvalue weighted by Crippen LogP contribution is 2.29. The summed E-state index contributed by atoms with van der Waals surface area (Å²) in [6, 6.07) is 0. The number of hydrogen-bond acceptors (Lipinski definition) is 0. The van der Waals surface area contributed by atoms with Crippen LogP contribution in [0.25, 0.3) is 0 Å². The number of rotatable bonds is 0. The summed E-state index contributed by atoms with van der Waals surface area (Å²) < 4.78 is 0. The summed E-state index contributed by atoms with van der Waals surface area (Å²) in [5, 5.41) is 0. The minimum absolute atomic E-state index is 0.789. The van der Waals surface area contributed by atoms with Crippen molar-refractivity contribution in [2.75, 3.05) is 0 Å². The van der Waals surface area contributed by atoms with Crippen LogP contribution in [0.15, 0.2) is 0 Å². The summed E-state index contributed by atoms with van der Waals surface area (Å²) in [5.41, 5.74) is 0. The number of hydrogen-bond donors (Lipinski definition) is 0. The van der Waals surface area contributed by atoms with E-state index in [4.69, 9.17) is 0 Å². The fraction of sp³-hybridized carbons (Fsp3) is 1.00. The molecule has 0 aromatic heterocycles. The molecular formula is C5H8Br2. The van der Waals surface area contributed by atoms with E-state index in [1.807, 2.05) is 0 Å². The molecule has 1 saturated carbocycles. The monoisotopic (exact) mass is 226 g/mol. The van der Waals surface area contributed by atoms with Gasteiger partial charge in [0, 0.05) is 9.65 Å². The molecule has 0 aromatic carbocycles. The Hall–Kier alpha value is 0.960. The lowest BCUT2D eigenvalue weighted by atomic mass is 10.4. The second kappa shape index (κ2) is 2.49. The molecule has 0 heterocycles. The predicted octanol–water partition coefficient (Wildman–Crippen LogP) is 2.70. The summed E-state index contributed by atoms with van der Waals surface area (Å²) in [4.78, 5) is 1.58. The van der Waals surface area contributed by atoms with Crippen LogP contribution in [0.1, 0.15) is 19.3 Å². The standard InChI is InChI=1S/C5H8Br2/c6-4-1-2-5(7)3-4/h4-5H,1-3H2/t4-,5-/m1/s1. The Bertz CT molecular complexity index is 55.1. The van der Waals surface area contributed by atoms with Gasteiger partial charge in [0.25, 0.3) is 0 Å². The molecule has 2 heteroatoms. The molecule has 0 N–H and O–H groups in total. The van der Waals surface area contributed by atoms with Gasteiger partial charge in [-0.2, -0.15) is 0 Å². The SMILES string of the molecule is Br[C@@H]1CC[C@@H](Br)C1. The molecule has 0 amide bonds. The molecule has 42 valence electrons. The Morgan fingerprint density at radius 1 is 1.00 bits per heavy atom. The van der Waals surface area contributed by atoms with Crippen LogP contribution in [-0.2, 0) is 0 Å². The van der Waals surface area contributed by atoms with Gasteiger partial charge in [0.15, 0.2) is 0 Å². The average molecular weight is 228 g/mol. The van der Waals surface area contributed by atoms with Crippen molar-refractivity contribution in [3.63, 3.8) is 0 Å². The van der Waals surface area contributed by atoms with E-state index in [9.17, 15) is 0 Å². The summed E-state index contributed by atoms with van der Waals surface area (Å²) >= 11 is 7.10. The van der Waals surface area contributed by atoms with E-state index in [2.05, 4.69) is 31.9 Å². The first-order valence-corrected chi connectivity index (χ1v) is 4.40. The summed E-state index contributed by atoms with van der Waals surface area (Å²) in [6.45, 7) is 0. The molecule has 0 unspecified atom stereocenters. The molecule has 0 saturated heterocycles. The van der Waals surface area contributed by atoms with Crippen molar-refractivity contribution in [1.29, 1.82) is 0 Å². The van der Waals surface area contributed by atoms with E-state index in [1.165, 1.54) is 19.3 Å². The van der Waals surface area contributed by atoms with E-state index < -0.39 is 0 Å². The first kappa shape index (κ1) is 6.09. The van der Waals surface area contributed by atoms with E-state index >= 15 is 0 Å². The maximum Gasteiger partial charge on any atom is 0.0156 e. The smallest absolute Gasteiger partial charge is 0.0156 e. The zero-order valence-electron chi connectivity index (χ0n) is 4.03. The summed E-state index contributed by atoms with van der Waals surface area (Å²) in [7, 11) is 0. The second-order valence-electron chi connectivity index (χ2n) is 2.01. The van der Waals surface area contributed by atoms with E-state index in [-0.39, 0.29) is 0 Å². The van der Waals surface area contributed by atoms with Crippen LogP contribution in [-0.4, -0.2) is 9.65 Å². The maximum atomic E-state index is 3.55. The third-order valence-corrected chi connectivity index (χ3v) is 2.97. The van der Waals surface area contributed by atoms with Crippen molar-refractivity contribution in [3.8, 4) is 0 Å². The lowest BCUT2D eigenvalue weighted by molar-refractivity contribution is 0.913. The van der Waals surface area contributed by atoms with Gasteiger partial charge in [-0.15, -0.1) is 0 Å². The Labute approximate surface area is 60.9 Å². The summed E-state index contributed by atoms with van der Waals surface area (Å²) in [6.07, 6.45) is 3.99. The number of alkyl halides is 2. The van der Waals surface area contributed by atoms with Gasteiger partial charge in [-0.3, -0.25) is 0 Å². The quantitative estimate of drug-likeness (QED) is 0.559. The molecule has 1 aliphatic carbocycles. The average Bonchev–Trinajstić information content (AvgIpc) is 1.87. The molecule has 0 radical (unpaired) electrons. The van der Waals surface area contributed by atoms with Gasteiger partial charge in [-0.1, -0.05) is 31.9 Å². The van der Waals surface area contributed by atoms with Crippen molar-refractivity contribution < 1.29 is 0 Å². The Kier molecular flexibility index (Phi) is 2.17. The van der Waals surface area contributed by atoms with Crippen LogP contribution in [0.2, 0.25) is 0 Å².